The van der Waals surface area contributed by atoms with Crippen molar-refractivity contribution in [2.24, 2.45) is 7.05 Å². The molecule has 124 valence electrons. The van der Waals surface area contributed by atoms with Crippen molar-refractivity contribution in [2.45, 2.75) is 45.4 Å². The number of aromatic nitrogens is 2. The second-order valence-electron chi connectivity index (χ2n) is 6.83. The minimum Gasteiger partial charge on any atom is -0.338 e. The summed E-state index contributed by atoms with van der Waals surface area (Å²) in [6.45, 7) is 7.98. The summed E-state index contributed by atoms with van der Waals surface area (Å²) in [6, 6.07) is 2.06. The van der Waals surface area contributed by atoms with Gasteiger partial charge in [0.2, 0.25) is 0 Å². The number of carbonyl (C=O) groups excluding carboxylic acids is 1. The maximum absolute atomic E-state index is 12.8. The van der Waals surface area contributed by atoms with Crippen LogP contribution in [0.5, 0.6) is 0 Å². The Kier molecular flexibility index (Phi) is 4.57. The summed E-state index contributed by atoms with van der Waals surface area (Å²) in [4.78, 5) is 20.7. The summed E-state index contributed by atoms with van der Waals surface area (Å²) >= 11 is 1.69. The normalized spacial score (nSPS) is 18.7. The monoisotopic (exact) mass is 331 g/mol. The van der Waals surface area contributed by atoms with Crippen LogP contribution in [0, 0.1) is 6.92 Å². The van der Waals surface area contributed by atoms with E-state index in [1.54, 1.807) is 11.3 Å². The molecule has 1 amide bonds. The van der Waals surface area contributed by atoms with Crippen molar-refractivity contribution < 1.29 is 4.79 Å². The van der Waals surface area contributed by atoms with Crippen LogP contribution in [0.4, 0.5) is 0 Å². The van der Waals surface area contributed by atoms with Gasteiger partial charge in [0, 0.05) is 42.5 Å². The Labute approximate surface area is 142 Å². The first-order chi connectivity index (χ1) is 11.0. The van der Waals surface area contributed by atoms with E-state index in [1.165, 1.54) is 4.88 Å². The van der Waals surface area contributed by atoms with Gasteiger partial charge in [0.1, 0.15) is 5.82 Å². The van der Waals surface area contributed by atoms with E-state index in [1.807, 2.05) is 24.3 Å². The molecule has 0 unspecified atom stereocenters. The maximum atomic E-state index is 12.8. The van der Waals surface area contributed by atoms with E-state index in [-0.39, 0.29) is 5.91 Å². The number of thiophene rings is 1. The number of hydrogen-bond donors (Lipinski definition) is 0. The molecule has 0 saturated carbocycles. The average molecular weight is 331 g/mol. The van der Waals surface area contributed by atoms with Crippen LogP contribution < -0.4 is 0 Å². The number of carbonyl (C=O) groups is 1. The number of rotatable bonds is 3. The molecule has 3 heterocycles. The third-order valence-electron chi connectivity index (χ3n) is 4.54. The predicted molar refractivity (Wildman–Crippen MR) is 94.2 cm³/mol. The SMILES string of the molecule is Cc1cn(C)c([C@@H]2CCCN(C(=O)c3csc(C(C)C)c3)C2)n1. The van der Waals surface area contributed by atoms with Gasteiger partial charge in [-0.1, -0.05) is 13.8 Å². The molecule has 2 aromatic heterocycles. The standard InChI is InChI=1S/C18H25N3OS/c1-12(2)16-8-15(11-23-16)18(22)21-7-5-6-14(10-21)17-19-13(3)9-20(17)4/h8-9,11-12,14H,5-7,10H2,1-4H3/t14-/m1/s1. The first kappa shape index (κ1) is 16.2. The van der Waals surface area contributed by atoms with Crippen LogP contribution in [-0.2, 0) is 7.05 Å². The first-order valence-electron chi connectivity index (χ1n) is 8.33. The molecule has 2 aromatic rings. The lowest BCUT2D eigenvalue weighted by Gasteiger charge is -2.32. The Bertz CT molecular complexity index is 701. The zero-order valence-corrected chi connectivity index (χ0v) is 15.2. The van der Waals surface area contributed by atoms with Crippen molar-refractivity contribution in [3.63, 3.8) is 0 Å². The van der Waals surface area contributed by atoms with Gasteiger partial charge in [-0.3, -0.25) is 4.79 Å². The molecule has 1 atom stereocenters. The highest BCUT2D eigenvalue weighted by atomic mass is 32.1. The van der Waals surface area contributed by atoms with Crippen molar-refractivity contribution in [1.82, 2.24) is 14.5 Å². The first-order valence-corrected chi connectivity index (χ1v) is 9.21. The summed E-state index contributed by atoms with van der Waals surface area (Å²) < 4.78 is 2.11. The smallest absolute Gasteiger partial charge is 0.254 e. The number of amides is 1. The molecule has 4 nitrogen and oxygen atoms in total. The number of hydrogen-bond acceptors (Lipinski definition) is 3. The minimum atomic E-state index is 0.170. The molecule has 0 radical (unpaired) electrons. The summed E-state index contributed by atoms with van der Waals surface area (Å²) in [5, 5.41) is 2.01. The van der Waals surface area contributed by atoms with Crippen LogP contribution >= 0.6 is 11.3 Å². The van der Waals surface area contributed by atoms with Gasteiger partial charge in [-0.25, -0.2) is 4.98 Å². The third kappa shape index (κ3) is 3.34. The van der Waals surface area contributed by atoms with Crippen LogP contribution in [0.25, 0.3) is 0 Å². The Balaban J connectivity index is 1.75. The van der Waals surface area contributed by atoms with E-state index in [0.717, 1.165) is 43.0 Å². The fourth-order valence-electron chi connectivity index (χ4n) is 3.34. The summed E-state index contributed by atoms with van der Waals surface area (Å²) in [7, 11) is 2.05. The molecule has 1 aliphatic rings. The van der Waals surface area contributed by atoms with E-state index in [2.05, 4.69) is 35.7 Å². The Morgan fingerprint density at radius 3 is 2.83 bits per heavy atom. The van der Waals surface area contributed by atoms with Gasteiger partial charge in [-0.05, 0) is 31.7 Å². The highest BCUT2D eigenvalue weighted by molar-refractivity contribution is 7.10. The van der Waals surface area contributed by atoms with E-state index >= 15 is 0 Å². The highest BCUT2D eigenvalue weighted by Gasteiger charge is 2.28. The van der Waals surface area contributed by atoms with Crippen molar-refractivity contribution in [3.05, 3.63) is 39.6 Å². The number of aryl methyl sites for hydroxylation is 2. The third-order valence-corrected chi connectivity index (χ3v) is 5.78. The molecule has 5 heteroatoms. The minimum absolute atomic E-state index is 0.170. The van der Waals surface area contributed by atoms with Crippen molar-refractivity contribution in [2.75, 3.05) is 13.1 Å². The van der Waals surface area contributed by atoms with E-state index in [0.29, 0.717) is 11.8 Å². The molecule has 0 bridgehead atoms. The second kappa shape index (κ2) is 6.48. The summed E-state index contributed by atoms with van der Waals surface area (Å²) in [5.41, 5.74) is 1.89. The summed E-state index contributed by atoms with van der Waals surface area (Å²) in [5.74, 6) is 2.10. The lowest BCUT2D eigenvalue weighted by Crippen LogP contribution is -2.39. The number of imidazole rings is 1. The van der Waals surface area contributed by atoms with Crippen molar-refractivity contribution in [1.29, 1.82) is 0 Å². The number of nitrogens with zero attached hydrogens (tertiary/aromatic N) is 3. The molecule has 23 heavy (non-hydrogen) atoms. The maximum Gasteiger partial charge on any atom is 0.254 e. The molecular formula is C18H25N3OS. The molecule has 0 spiro atoms. The Morgan fingerprint density at radius 1 is 1.43 bits per heavy atom. The van der Waals surface area contributed by atoms with E-state index in [4.69, 9.17) is 0 Å². The van der Waals surface area contributed by atoms with Gasteiger partial charge in [0.25, 0.3) is 5.91 Å². The zero-order chi connectivity index (χ0) is 16.6. The Hall–Kier alpha value is -1.62. The number of likely N-dealkylation sites (tertiary alicyclic amines) is 1. The fraction of sp³-hybridized carbons (Fsp3) is 0.556. The Morgan fingerprint density at radius 2 is 2.22 bits per heavy atom. The molecular weight excluding hydrogens is 306 g/mol. The van der Waals surface area contributed by atoms with Gasteiger partial charge < -0.3 is 9.47 Å². The average Bonchev–Trinajstić information content (AvgIpc) is 3.13. The molecule has 1 fully saturated rings. The van der Waals surface area contributed by atoms with Gasteiger partial charge >= 0.3 is 0 Å². The van der Waals surface area contributed by atoms with Gasteiger partial charge in [0.05, 0.1) is 11.3 Å². The fourth-order valence-corrected chi connectivity index (χ4v) is 4.24. The molecule has 3 rings (SSSR count). The van der Waals surface area contributed by atoms with Gasteiger partial charge in [-0.15, -0.1) is 11.3 Å². The molecule has 0 aliphatic carbocycles. The van der Waals surface area contributed by atoms with Crippen LogP contribution in [0.3, 0.4) is 0 Å². The molecule has 1 saturated heterocycles. The van der Waals surface area contributed by atoms with Crippen LogP contribution in [0.15, 0.2) is 17.6 Å². The predicted octanol–water partition coefficient (Wildman–Crippen LogP) is 3.93. The number of piperidine rings is 1. The van der Waals surface area contributed by atoms with Crippen LogP contribution in [0.2, 0.25) is 0 Å². The van der Waals surface area contributed by atoms with E-state index < -0.39 is 0 Å². The summed E-state index contributed by atoms with van der Waals surface area (Å²) in [6.07, 6.45) is 4.21. The second-order valence-corrected chi connectivity index (χ2v) is 7.78. The molecule has 0 N–H and O–H groups in total. The van der Waals surface area contributed by atoms with Crippen LogP contribution in [-0.4, -0.2) is 33.4 Å². The quantitative estimate of drug-likeness (QED) is 0.854. The van der Waals surface area contributed by atoms with Gasteiger partial charge in [-0.2, -0.15) is 0 Å². The van der Waals surface area contributed by atoms with E-state index in [9.17, 15) is 4.79 Å². The molecule has 0 aromatic carbocycles. The lowest BCUT2D eigenvalue weighted by molar-refractivity contribution is 0.0704. The highest BCUT2D eigenvalue weighted by Crippen LogP contribution is 2.29. The van der Waals surface area contributed by atoms with Crippen molar-refractivity contribution >= 4 is 17.2 Å². The molecule has 1 aliphatic heterocycles. The lowest BCUT2D eigenvalue weighted by atomic mass is 9.96. The van der Waals surface area contributed by atoms with Crippen molar-refractivity contribution in [3.8, 4) is 0 Å². The topological polar surface area (TPSA) is 38.1 Å². The van der Waals surface area contributed by atoms with Gasteiger partial charge in [0.15, 0.2) is 0 Å². The largest absolute Gasteiger partial charge is 0.338 e. The zero-order valence-electron chi connectivity index (χ0n) is 14.4. The van der Waals surface area contributed by atoms with Crippen LogP contribution in [0.1, 0.15) is 65.3 Å².